The van der Waals surface area contributed by atoms with E-state index in [1.807, 2.05) is 13.8 Å². The Morgan fingerprint density at radius 1 is 1.23 bits per heavy atom. The van der Waals surface area contributed by atoms with Crippen LogP contribution in [0, 0.1) is 0 Å². The van der Waals surface area contributed by atoms with Crippen molar-refractivity contribution >= 4 is 45.0 Å². The molecule has 0 bridgehead atoms. The molecule has 0 atom stereocenters. The van der Waals surface area contributed by atoms with Crippen LogP contribution in [-0.2, 0) is 7.05 Å². The fourth-order valence-electron chi connectivity index (χ4n) is 2.47. The summed E-state index contributed by atoms with van der Waals surface area (Å²) in [5.74, 6) is -0.734. The van der Waals surface area contributed by atoms with Crippen LogP contribution in [0.25, 0.3) is 0 Å². The lowest BCUT2D eigenvalue weighted by Crippen LogP contribution is -2.32. The predicted molar refractivity (Wildman–Crippen MR) is 106 cm³/mol. The Morgan fingerprint density at radius 3 is 2.50 bits per heavy atom. The molecular weight excluding hydrogens is 422 g/mol. The van der Waals surface area contributed by atoms with Gasteiger partial charge in [-0.15, -0.1) is 0 Å². The monoisotopic (exact) mass is 439 g/mol. The Kier molecular flexibility index (Phi) is 6.61. The highest BCUT2D eigenvalue weighted by Crippen LogP contribution is 2.22. The van der Waals surface area contributed by atoms with Gasteiger partial charge >= 0.3 is 0 Å². The van der Waals surface area contributed by atoms with E-state index in [1.54, 1.807) is 23.1 Å². The summed E-state index contributed by atoms with van der Waals surface area (Å²) in [6.45, 7) is 4.85. The SMILES string of the molecule is CCN(CC)C(=O)c1cc(NC(=O)c2cc(Br)ccc2Cl)c(=O)n(C)c1. The summed E-state index contributed by atoms with van der Waals surface area (Å²) in [6, 6.07) is 6.25. The predicted octanol–water partition coefficient (Wildman–Crippen LogP) is 3.54. The van der Waals surface area contributed by atoms with Gasteiger partial charge in [-0.3, -0.25) is 14.4 Å². The molecule has 1 heterocycles. The van der Waals surface area contributed by atoms with Crippen LogP contribution in [0.2, 0.25) is 5.02 Å². The van der Waals surface area contributed by atoms with Crippen LogP contribution in [0.1, 0.15) is 34.6 Å². The van der Waals surface area contributed by atoms with Gasteiger partial charge in [-0.2, -0.15) is 0 Å². The normalized spacial score (nSPS) is 10.5. The lowest BCUT2D eigenvalue weighted by Gasteiger charge is -2.19. The number of halogens is 2. The molecule has 0 saturated carbocycles. The number of hydrogen-bond acceptors (Lipinski definition) is 3. The number of carbonyl (C=O) groups excluding carboxylic acids is 2. The van der Waals surface area contributed by atoms with E-state index in [1.165, 1.54) is 23.9 Å². The highest BCUT2D eigenvalue weighted by atomic mass is 79.9. The Labute approximate surface area is 164 Å². The number of aromatic nitrogens is 1. The number of anilines is 1. The number of pyridine rings is 1. The Hall–Kier alpha value is -2.12. The van der Waals surface area contributed by atoms with E-state index in [0.29, 0.717) is 23.1 Å². The van der Waals surface area contributed by atoms with Gasteiger partial charge in [-0.1, -0.05) is 27.5 Å². The maximum Gasteiger partial charge on any atom is 0.274 e. The molecule has 26 heavy (non-hydrogen) atoms. The zero-order valence-electron chi connectivity index (χ0n) is 14.7. The van der Waals surface area contributed by atoms with Crippen LogP contribution in [0.5, 0.6) is 0 Å². The molecule has 0 saturated heterocycles. The fourth-order valence-corrected chi connectivity index (χ4v) is 3.04. The lowest BCUT2D eigenvalue weighted by atomic mass is 10.2. The summed E-state index contributed by atoms with van der Waals surface area (Å²) in [5.41, 5.74) is 0.155. The molecule has 2 aromatic rings. The van der Waals surface area contributed by atoms with Crippen LogP contribution in [0.3, 0.4) is 0 Å². The number of nitrogens with zero attached hydrogens (tertiary/aromatic N) is 2. The first-order chi connectivity index (χ1) is 12.3. The number of nitrogens with one attached hydrogen (secondary N) is 1. The van der Waals surface area contributed by atoms with E-state index in [9.17, 15) is 14.4 Å². The molecule has 0 aliphatic carbocycles. The van der Waals surface area contributed by atoms with E-state index in [-0.39, 0.29) is 22.2 Å². The summed E-state index contributed by atoms with van der Waals surface area (Å²) < 4.78 is 1.96. The summed E-state index contributed by atoms with van der Waals surface area (Å²) in [4.78, 5) is 39.1. The number of aryl methyl sites for hydroxylation is 1. The van der Waals surface area contributed by atoms with Crippen molar-refractivity contribution in [2.75, 3.05) is 18.4 Å². The first kappa shape index (κ1) is 20.2. The molecule has 8 heteroatoms. The van der Waals surface area contributed by atoms with Crippen molar-refractivity contribution in [3.63, 3.8) is 0 Å². The number of rotatable bonds is 5. The number of hydrogen-bond donors (Lipinski definition) is 1. The van der Waals surface area contributed by atoms with Gasteiger partial charge in [0.05, 0.1) is 16.1 Å². The molecule has 2 amide bonds. The Morgan fingerprint density at radius 2 is 1.88 bits per heavy atom. The fraction of sp³-hybridized carbons (Fsp3) is 0.278. The van der Waals surface area contributed by atoms with Gasteiger partial charge in [0.1, 0.15) is 5.69 Å². The Balaban J connectivity index is 2.40. The average molecular weight is 441 g/mol. The molecular formula is C18H19BrClN3O3. The topological polar surface area (TPSA) is 71.4 Å². The second kappa shape index (κ2) is 8.51. The van der Waals surface area contributed by atoms with E-state index in [0.717, 1.165) is 0 Å². The van der Waals surface area contributed by atoms with Crippen LogP contribution in [-0.4, -0.2) is 34.4 Å². The molecule has 6 nitrogen and oxygen atoms in total. The number of carbonyl (C=O) groups is 2. The van der Waals surface area contributed by atoms with Crippen molar-refractivity contribution < 1.29 is 9.59 Å². The molecule has 2 rings (SSSR count). The molecule has 0 radical (unpaired) electrons. The van der Waals surface area contributed by atoms with Crippen LogP contribution in [0.4, 0.5) is 5.69 Å². The summed E-state index contributed by atoms with van der Waals surface area (Å²) in [5, 5.41) is 2.82. The first-order valence-corrected chi connectivity index (χ1v) is 9.21. The molecule has 0 spiro atoms. The zero-order chi connectivity index (χ0) is 19.4. The van der Waals surface area contributed by atoms with E-state index in [2.05, 4.69) is 21.2 Å². The van der Waals surface area contributed by atoms with Crippen molar-refractivity contribution in [2.24, 2.45) is 7.05 Å². The minimum atomic E-state index is -0.527. The van der Waals surface area contributed by atoms with Crippen molar-refractivity contribution in [3.8, 4) is 0 Å². The van der Waals surface area contributed by atoms with Gasteiger partial charge in [-0.05, 0) is 38.1 Å². The maximum atomic E-state index is 12.5. The van der Waals surface area contributed by atoms with Gasteiger partial charge in [0.15, 0.2) is 0 Å². The van der Waals surface area contributed by atoms with E-state index < -0.39 is 11.5 Å². The third-order valence-corrected chi connectivity index (χ3v) is 4.73. The zero-order valence-corrected chi connectivity index (χ0v) is 17.0. The van der Waals surface area contributed by atoms with Crippen LogP contribution in [0.15, 0.2) is 39.7 Å². The van der Waals surface area contributed by atoms with E-state index >= 15 is 0 Å². The highest BCUT2D eigenvalue weighted by Gasteiger charge is 2.18. The average Bonchev–Trinajstić information content (AvgIpc) is 2.61. The van der Waals surface area contributed by atoms with Crippen molar-refractivity contribution in [1.82, 2.24) is 9.47 Å². The number of amides is 2. The number of benzene rings is 1. The van der Waals surface area contributed by atoms with Crippen molar-refractivity contribution in [3.05, 3.63) is 61.4 Å². The molecule has 1 N–H and O–H groups in total. The van der Waals surface area contributed by atoms with Crippen molar-refractivity contribution in [1.29, 1.82) is 0 Å². The van der Waals surface area contributed by atoms with Gasteiger partial charge in [0.2, 0.25) is 0 Å². The van der Waals surface area contributed by atoms with Crippen molar-refractivity contribution in [2.45, 2.75) is 13.8 Å². The van der Waals surface area contributed by atoms with Gasteiger partial charge < -0.3 is 14.8 Å². The lowest BCUT2D eigenvalue weighted by molar-refractivity contribution is 0.0771. The molecule has 0 aliphatic rings. The maximum absolute atomic E-state index is 12.5. The molecule has 0 fully saturated rings. The quantitative estimate of drug-likeness (QED) is 0.773. The van der Waals surface area contributed by atoms with Crippen LogP contribution >= 0.6 is 27.5 Å². The van der Waals surface area contributed by atoms with Gasteiger partial charge in [0.25, 0.3) is 17.4 Å². The summed E-state index contributed by atoms with van der Waals surface area (Å²) in [7, 11) is 1.53. The minimum absolute atomic E-state index is 0.0200. The highest BCUT2D eigenvalue weighted by molar-refractivity contribution is 9.10. The molecule has 1 aromatic heterocycles. The standard InChI is InChI=1S/C18H19BrClN3O3/c1-4-23(5-2)17(25)11-8-15(18(26)22(3)10-11)21-16(24)13-9-12(19)6-7-14(13)20/h6-10H,4-5H2,1-3H3,(H,21,24). The van der Waals surface area contributed by atoms with Gasteiger partial charge in [0, 0.05) is 30.8 Å². The second-order valence-corrected chi connectivity index (χ2v) is 6.94. The van der Waals surface area contributed by atoms with Crippen LogP contribution < -0.4 is 10.9 Å². The molecule has 0 unspecified atom stereocenters. The third kappa shape index (κ3) is 4.34. The second-order valence-electron chi connectivity index (χ2n) is 5.61. The van der Waals surface area contributed by atoms with E-state index in [4.69, 9.17) is 11.6 Å². The molecule has 0 aliphatic heterocycles. The largest absolute Gasteiger partial charge is 0.339 e. The third-order valence-electron chi connectivity index (χ3n) is 3.90. The molecule has 1 aromatic carbocycles. The Bertz CT molecular complexity index is 907. The summed E-state index contributed by atoms with van der Waals surface area (Å²) >= 11 is 9.35. The molecule has 138 valence electrons. The first-order valence-electron chi connectivity index (χ1n) is 8.04. The summed E-state index contributed by atoms with van der Waals surface area (Å²) in [6.07, 6.45) is 1.46. The minimum Gasteiger partial charge on any atom is -0.339 e. The smallest absolute Gasteiger partial charge is 0.274 e. The van der Waals surface area contributed by atoms with Gasteiger partial charge in [-0.25, -0.2) is 0 Å².